The molecule has 0 aliphatic rings. The van der Waals surface area contributed by atoms with Crippen LogP contribution in [0, 0.1) is 0 Å². The zero-order chi connectivity index (χ0) is 25.4. The van der Waals surface area contributed by atoms with Gasteiger partial charge in [0.15, 0.2) is 0 Å². The summed E-state index contributed by atoms with van der Waals surface area (Å²) in [5.74, 6) is 0. The van der Waals surface area contributed by atoms with Gasteiger partial charge in [0, 0.05) is 27.6 Å². The van der Waals surface area contributed by atoms with E-state index < -0.39 is 0 Å². The van der Waals surface area contributed by atoms with Crippen LogP contribution in [-0.2, 0) is 16.2 Å². The van der Waals surface area contributed by atoms with E-state index in [1.165, 1.54) is 33.4 Å². The Morgan fingerprint density at radius 3 is 0.629 bits per heavy atom. The molecule has 0 fully saturated rings. The molecule has 4 N–H and O–H groups in total. The summed E-state index contributed by atoms with van der Waals surface area (Å²) in [6, 6.07) is 34.6. The van der Waals surface area contributed by atoms with Crippen molar-refractivity contribution in [1.82, 2.24) is 0 Å². The second-order valence-electron chi connectivity index (χ2n) is 11.3. The summed E-state index contributed by atoms with van der Waals surface area (Å²) < 4.78 is 0. The van der Waals surface area contributed by atoms with Gasteiger partial charge in [-0.15, -0.1) is 0 Å². The monoisotopic (exact) mass is 462 g/mol. The zero-order valence-electron chi connectivity index (χ0n) is 21.9. The summed E-state index contributed by atoms with van der Waals surface area (Å²) in [6.45, 7) is 13.7. The first-order valence-corrected chi connectivity index (χ1v) is 12.4. The number of hydrogen-bond donors (Lipinski definition) is 2. The van der Waals surface area contributed by atoms with Crippen molar-refractivity contribution in [3.05, 3.63) is 130 Å². The normalized spacial score (nSPS) is 12.5. The molecular weight excluding hydrogens is 424 g/mol. The summed E-state index contributed by atoms with van der Waals surface area (Å²) in [6.07, 6.45) is 0. The fraction of sp³-hybridized carbons (Fsp3) is 0.273. The van der Waals surface area contributed by atoms with E-state index in [-0.39, 0.29) is 16.2 Å². The van der Waals surface area contributed by atoms with Crippen molar-refractivity contribution in [2.75, 3.05) is 11.5 Å². The SMILES string of the molecule is CC(C)(c1ccc(N)cc1)c1ccc(C(C)(C)c2ccc(C(C)(C)c3ccc(N)cc3)cc2)cc1. The topological polar surface area (TPSA) is 52.0 Å². The average molecular weight is 463 g/mol. The molecule has 0 bridgehead atoms. The quantitative estimate of drug-likeness (QED) is 0.287. The second-order valence-corrected chi connectivity index (χ2v) is 11.3. The Morgan fingerprint density at radius 1 is 0.314 bits per heavy atom. The molecule has 4 aromatic carbocycles. The fourth-order valence-corrected chi connectivity index (χ4v) is 4.91. The van der Waals surface area contributed by atoms with Crippen molar-refractivity contribution >= 4 is 11.4 Å². The minimum Gasteiger partial charge on any atom is -0.399 e. The molecule has 0 unspecified atom stereocenters. The largest absolute Gasteiger partial charge is 0.399 e. The highest BCUT2D eigenvalue weighted by molar-refractivity contribution is 5.49. The maximum absolute atomic E-state index is 5.90. The van der Waals surface area contributed by atoms with Gasteiger partial charge >= 0.3 is 0 Å². The molecule has 4 rings (SSSR count). The molecule has 0 radical (unpaired) electrons. The standard InChI is InChI=1S/C33H38N2/c1-31(2,23-7-11-25(12-8-23)32(3,4)27-15-19-29(34)20-16-27)24-9-13-26(14-10-24)33(5,6)28-17-21-30(35)22-18-28/h7-22H,34-35H2,1-6H3. The maximum Gasteiger partial charge on any atom is 0.0314 e. The molecule has 0 atom stereocenters. The maximum atomic E-state index is 5.90. The van der Waals surface area contributed by atoms with Gasteiger partial charge in [-0.05, 0) is 57.6 Å². The second kappa shape index (κ2) is 8.92. The molecule has 0 saturated heterocycles. The van der Waals surface area contributed by atoms with E-state index in [4.69, 9.17) is 11.5 Å². The minimum atomic E-state index is -0.103. The van der Waals surface area contributed by atoms with Crippen LogP contribution in [0.15, 0.2) is 97.1 Å². The smallest absolute Gasteiger partial charge is 0.0314 e. The summed E-state index contributed by atoms with van der Waals surface area (Å²) in [7, 11) is 0. The van der Waals surface area contributed by atoms with Crippen LogP contribution in [0.1, 0.15) is 74.9 Å². The lowest BCUT2D eigenvalue weighted by Gasteiger charge is -2.31. The molecule has 180 valence electrons. The fourth-order valence-electron chi connectivity index (χ4n) is 4.91. The first-order chi connectivity index (χ1) is 16.4. The summed E-state index contributed by atoms with van der Waals surface area (Å²) in [5.41, 5.74) is 20.8. The van der Waals surface area contributed by atoms with Gasteiger partial charge in [0.05, 0.1) is 0 Å². The molecule has 0 saturated carbocycles. The number of benzene rings is 4. The molecule has 0 heterocycles. The molecule has 0 aliphatic carbocycles. The third-order valence-electron chi connectivity index (χ3n) is 7.92. The third-order valence-corrected chi connectivity index (χ3v) is 7.92. The lowest BCUT2D eigenvalue weighted by molar-refractivity contribution is 0.621. The van der Waals surface area contributed by atoms with Gasteiger partial charge in [-0.2, -0.15) is 0 Å². The lowest BCUT2D eigenvalue weighted by atomic mass is 9.73. The van der Waals surface area contributed by atoms with Crippen molar-refractivity contribution < 1.29 is 0 Å². The van der Waals surface area contributed by atoms with Crippen LogP contribution in [0.25, 0.3) is 0 Å². The van der Waals surface area contributed by atoms with E-state index in [1.54, 1.807) is 0 Å². The molecular formula is C33H38N2. The van der Waals surface area contributed by atoms with Gasteiger partial charge in [0.2, 0.25) is 0 Å². The Labute approximate surface area is 211 Å². The Hall–Kier alpha value is -3.52. The molecule has 0 spiro atoms. The summed E-state index contributed by atoms with van der Waals surface area (Å²) in [4.78, 5) is 0. The van der Waals surface area contributed by atoms with Crippen LogP contribution in [0.5, 0.6) is 0 Å². The van der Waals surface area contributed by atoms with Crippen molar-refractivity contribution in [2.24, 2.45) is 0 Å². The van der Waals surface area contributed by atoms with E-state index in [9.17, 15) is 0 Å². The van der Waals surface area contributed by atoms with Crippen LogP contribution in [-0.4, -0.2) is 0 Å². The van der Waals surface area contributed by atoms with E-state index in [1.807, 2.05) is 24.3 Å². The van der Waals surface area contributed by atoms with Gasteiger partial charge in [0.25, 0.3) is 0 Å². The number of rotatable bonds is 6. The Morgan fingerprint density at radius 2 is 0.457 bits per heavy atom. The van der Waals surface area contributed by atoms with Crippen LogP contribution in [0.3, 0.4) is 0 Å². The van der Waals surface area contributed by atoms with Crippen LogP contribution in [0.4, 0.5) is 11.4 Å². The summed E-state index contributed by atoms with van der Waals surface area (Å²) >= 11 is 0. The Balaban J connectivity index is 1.58. The highest BCUT2D eigenvalue weighted by atomic mass is 14.5. The minimum absolute atomic E-state index is 0.0916. The molecule has 0 aromatic heterocycles. The number of hydrogen-bond acceptors (Lipinski definition) is 2. The lowest BCUT2D eigenvalue weighted by Crippen LogP contribution is -2.22. The van der Waals surface area contributed by atoms with Gasteiger partial charge in [-0.3, -0.25) is 0 Å². The predicted molar refractivity (Wildman–Crippen MR) is 151 cm³/mol. The van der Waals surface area contributed by atoms with Crippen LogP contribution >= 0.6 is 0 Å². The van der Waals surface area contributed by atoms with Gasteiger partial charge in [-0.25, -0.2) is 0 Å². The Bertz CT molecular complexity index is 1170. The molecule has 0 aliphatic heterocycles. The zero-order valence-corrected chi connectivity index (χ0v) is 21.9. The average Bonchev–Trinajstić information content (AvgIpc) is 2.85. The summed E-state index contributed by atoms with van der Waals surface area (Å²) in [5, 5.41) is 0. The first-order valence-electron chi connectivity index (χ1n) is 12.4. The van der Waals surface area contributed by atoms with Crippen molar-refractivity contribution in [2.45, 2.75) is 57.8 Å². The third kappa shape index (κ3) is 4.71. The van der Waals surface area contributed by atoms with Gasteiger partial charge in [0.1, 0.15) is 0 Å². The van der Waals surface area contributed by atoms with Crippen molar-refractivity contribution in [3.8, 4) is 0 Å². The predicted octanol–water partition coefficient (Wildman–Crippen LogP) is 7.83. The first kappa shape index (κ1) is 24.6. The van der Waals surface area contributed by atoms with Gasteiger partial charge < -0.3 is 11.5 Å². The number of nitrogen functional groups attached to an aromatic ring is 2. The van der Waals surface area contributed by atoms with E-state index in [0.29, 0.717) is 0 Å². The van der Waals surface area contributed by atoms with Gasteiger partial charge in [-0.1, -0.05) is 114 Å². The van der Waals surface area contributed by atoms with E-state index in [2.05, 4.69) is 114 Å². The van der Waals surface area contributed by atoms with Crippen molar-refractivity contribution in [1.29, 1.82) is 0 Å². The molecule has 35 heavy (non-hydrogen) atoms. The van der Waals surface area contributed by atoms with Crippen LogP contribution < -0.4 is 11.5 Å². The Kier molecular flexibility index (Phi) is 6.27. The molecule has 2 heteroatoms. The molecule has 2 nitrogen and oxygen atoms in total. The highest BCUT2D eigenvalue weighted by Crippen LogP contribution is 2.37. The number of anilines is 2. The van der Waals surface area contributed by atoms with Crippen molar-refractivity contribution in [3.63, 3.8) is 0 Å². The number of nitrogens with two attached hydrogens (primary N) is 2. The molecule has 4 aromatic rings. The van der Waals surface area contributed by atoms with Crippen LogP contribution in [0.2, 0.25) is 0 Å². The van der Waals surface area contributed by atoms with E-state index in [0.717, 1.165) is 11.4 Å². The van der Waals surface area contributed by atoms with E-state index >= 15 is 0 Å². The highest BCUT2D eigenvalue weighted by Gasteiger charge is 2.28. The molecule has 0 amide bonds.